The van der Waals surface area contributed by atoms with Crippen LogP contribution in [0.2, 0.25) is 0 Å². The van der Waals surface area contributed by atoms with Crippen molar-refractivity contribution in [3.8, 4) is 0 Å². The number of amides is 1. The second-order valence-corrected chi connectivity index (χ2v) is 11.5. The van der Waals surface area contributed by atoms with Gasteiger partial charge in [-0.1, -0.05) is 129 Å². The van der Waals surface area contributed by atoms with Gasteiger partial charge in [0.1, 0.15) is 0 Å². The second kappa shape index (κ2) is 23.1. The molecular weight excluding hydrogens is 434 g/mol. The molecular formula is C27H55NO4S. The third-order valence-corrected chi connectivity index (χ3v) is 7.37. The third-order valence-electron chi connectivity index (χ3n) is 6.57. The van der Waals surface area contributed by atoms with Crippen LogP contribution in [0.4, 0.5) is 0 Å². The summed E-state index contributed by atoms with van der Waals surface area (Å²) in [6.07, 6.45) is 27.7. The van der Waals surface area contributed by atoms with E-state index in [1.54, 1.807) is 11.9 Å². The first-order valence-electron chi connectivity index (χ1n) is 14.1. The van der Waals surface area contributed by atoms with Crippen LogP contribution in [-0.2, 0) is 14.9 Å². The summed E-state index contributed by atoms with van der Waals surface area (Å²) in [4.78, 5) is 13.6. The third kappa shape index (κ3) is 25.8. The van der Waals surface area contributed by atoms with Crippen molar-refractivity contribution >= 4 is 16.0 Å². The SMILES string of the molecule is CCCCCCCCCCCCCCCCCCCCCCC(=O)N(C)CCCS(=O)(=O)O. The lowest BCUT2D eigenvalue weighted by atomic mass is 10.0. The Bertz CT molecular complexity index is 536. The van der Waals surface area contributed by atoms with Crippen molar-refractivity contribution in [2.24, 2.45) is 0 Å². The average molecular weight is 490 g/mol. The fourth-order valence-corrected chi connectivity index (χ4v) is 4.83. The summed E-state index contributed by atoms with van der Waals surface area (Å²) in [5.74, 6) is -0.225. The maximum absolute atomic E-state index is 12.0. The molecule has 0 fully saturated rings. The molecule has 0 aliphatic heterocycles. The molecule has 0 atom stereocenters. The average Bonchev–Trinajstić information content (AvgIpc) is 2.76. The van der Waals surface area contributed by atoms with Gasteiger partial charge in [0.25, 0.3) is 10.1 Å². The van der Waals surface area contributed by atoms with E-state index in [2.05, 4.69) is 6.92 Å². The molecule has 1 amide bonds. The molecule has 5 nitrogen and oxygen atoms in total. The van der Waals surface area contributed by atoms with Crippen LogP contribution in [0.15, 0.2) is 0 Å². The predicted octanol–water partition coefficient (Wildman–Crippen LogP) is 7.93. The highest BCUT2D eigenvalue weighted by Gasteiger charge is 2.10. The molecule has 6 heteroatoms. The van der Waals surface area contributed by atoms with E-state index in [1.807, 2.05) is 0 Å². The maximum Gasteiger partial charge on any atom is 0.264 e. The van der Waals surface area contributed by atoms with E-state index in [4.69, 9.17) is 4.55 Å². The van der Waals surface area contributed by atoms with Gasteiger partial charge >= 0.3 is 0 Å². The summed E-state index contributed by atoms with van der Waals surface area (Å²) in [5.41, 5.74) is 0. The number of nitrogens with zero attached hydrogens (tertiary/aromatic N) is 1. The van der Waals surface area contributed by atoms with Crippen molar-refractivity contribution in [3.63, 3.8) is 0 Å². The summed E-state index contributed by atoms with van der Waals surface area (Å²) in [6.45, 7) is 2.65. The molecule has 0 heterocycles. The number of rotatable bonds is 25. The number of unbranched alkanes of at least 4 members (excludes halogenated alkanes) is 19. The Kier molecular flexibility index (Phi) is 22.7. The van der Waals surface area contributed by atoms with E-state index in [-0.39, 0.29) is 18.1 Å². The molecule has 0 rings (SSSR count). The Morgan fingerprint density at radius 1 is 0.606 bits per heavy atom. The second-order valence-electron chi connectivity index (χ2n) is 9.92. The largest absolute Gasteiger partial charge is 0.346 e. The number of hydrogen-bond donors (Lipinski definition) is 1. The molecule has 0 aliphatic rings. The quantitative estimate of drug-likeness (QED) is 0.104. The maximum atomic E-state index is 12.0. The van der Waals surface area contributed by atoms with E-state index < -0.39 is 10.1 Å². The number of carbonyl (C=O) groups excluding carboxylic acids is 1. The minimum Gasteiger partial charge on any atom is -0.346 e. The Balaban J connectivity index is 3.25. The first-order valence-corrected chi connectivity index (χ1v) is 15.7. The van der Waals surface area contributed by atoms with Gasteiger partial charge in [-0.05, 0) is 12.8 Å². The van der Waals surface area contributed by atoms with Crippen LogP contribution in [0.3, 0.4) is 0 Å². The van der Waals surface area contributed by atoms with Crippen molar-refractivity contribution in [1.29, 1.82) is 0 Å². The van der Waals surface area contributed by atoms with Gasteiger partial charge in [0.05, 0.1) is 5.75 Å². The Morgan fingerprint density at radius 3 is 1.27 bits per heavy atom. The van der Waals surface area contributed by atoms with Crippen molar-refractivity contribution in [1.82, 2.24) is 4.90 Å². The van der Waals surface area contributed by atoms with Gasteiger partial charge in [0.2, 0.25) is 5.91 Å². The molecule has 0 spiro atoms. The molecule has 0 saturated carbocycles. The highest BCUT2D eigenvalue weighted by molar-refractivity contribution is 7.85. The van der Waals surface area contributed by atoms with E-state index in [0.717, 1.165) is 12.8 Å². The first-order chi connectivity index (χ1) is 15.9. The van der Waals surface area contributed by atoms with Crippen molar-refractivity contribution in [3.05, 3.63) is 0 Å². The topological polar surface area (TPSA) is 74.7 Å². The monoisotopic (exact) mass is 489 g/mol. The Labute approximate surface area is 206 Å². The molecule has 198 valence electrons. The van der Waals surface area contributed by atoms with E-state index in [0.29, 0.717) is 13.0 Å². The van der Waals surface area contributed by atoms with Crippen molar-refractivity contribution in [2.45, 2.75) is 148 Å². The number of carbonyl (C=O) groups is 1. The lowest BCUT2D eigenvalue weighted by Gasteiger charge is -2.16. The lowest BCUT2D eigenvalue weighted by Crippen LogP contribution is -2.28. The van der Waals surface area contributed by atoms with Crippen LogP contribution in [-0.4, -0.2) is 43.1 Å². The summed E-state index contributed by atoms with van der Waals surface area (Å²) in [6, 6.07) is 0. The van der Waals surface area contributed by atoms with Crippen LogP contribution >= 0.6 is 0 Å². The fraction of sp³-hybridized carbons (Fsp3) is 0.963. The minimum atomic E-state index is -3.93. The van der Waals surface area contributed by atoms with Crippen LogP contribution in [0, 0.1) is 0 Å². The highest BCUT2D eigenvalue weighted by atomic mass is 32.2. The smallest absolute Gasteiger partial charge is 0.264 e. The molecule has 0 aromatic rings. The molecule has 1 N–H and O–H groups in total. The highest BCUT2D eigenvalue weighted by Crippen LogP contribution is 2.15. The van der Waals surface area contributed by atoms with E-state index in [1.165, 1.54) is 116 Å². The molecule has 0 saturated heterocycles. The van der Waals surface area contributed by atoms with Gasteiger partial charge in [0, 0.05) is 20.0 Å². The molecule has 0 unspecified atom stereocenters. The van der Waals surface area contributed by atoms with Crippen LogP contribution < -0.4 is 0 Å². The van der Waals surface area contributed by atoms with Crippen molar-refractivity contribution < 1.29 is 17.8 Å². The number of hydrogen-bond acceptors (Lipinski definition) is 3. The molecule has 0 aromatic heterocycles. The van der Waals surface area contributed by atoms with Crippen LogP contribution in [0.1, 0.15) is 148 Å². The van der Waals surface area contributed by atoms with Crippen molar-refractivity contribution in [2.75, 3.05) is 19.3 Å². The zero-order valence-corrected chi connectivity index (χ0v) is 22.8. The van der Waals surface area contributed by atoms with Crippen LogP contribution in [0.25, 0.3) is 0 Å². The van der Waals surface area contributed by atoms with E-state index in [9.17, 15) is 13.2 Å². The zero-order valence-electron chi connectivity index (χ0n) is 22.0. The zero-order chi connectivity index (χ0) is 24.6. The van der Waals surface area contributed by atoms with E-state index >= 15 is 0 Å². The van der Waals surface area contributed by atoms with Gasteiger partial charge < -0.3 is 4.90 Å². The van der Waals surface area contributed by atoms with Gasteiger partial charge in [-0.25, -0.2) is 0 Å². The van der Waals surface area contributed by atoms with Gasteiger partial charge in [-0.2, -0.15) is 8.42 Å². The standard InChI is InChI=1S/C27H55NO4S/c1-3-4-5-6-7-8-9-10-11-12-13-14-15-16-17-18-19-20-21-22-24-27(29)28(2)25-23-26-33(30,31)32/h3-26H2,1-2H3,(H,30,31,32). The van der Waals surface area contributed by atoms with Crippen LogP contribution in [0.5, 0.6) is 0 Å². The van der Waals surface area contributed by atoms with Gasteiger partial charge in [-0.15, -0.1) is 0 Å². The Morgan fingerprint density at radius 2 is 0.939 bits per heavy atom. The molecule has 0 bridgehead atoms. The lowest BCUT2D eigenvalue weighted by molar-refractivity contribution is -0.130. The Hall–Kier alpha value is -0.620. The molecule has 33 heavy (non-hydrogen) atoms. The summed E-state index contributed by atoms with van der Waals surface area (Å²) in [7, 11) is -2.23. The molecule has 0 aromatic carbocycles. The molecule has 0 aliphatic carbocycles. The summed E-state index contributed by atoms with van der Waals surface area (Å²) < 4.78 is 30.1. The van der Waals surface area contributed by atoms with Gasteiger partial charge in [0.15, 0.2) is 0 Å². The van der Waals surface area contributed by atoms with Gasteiger partial charge in [-0.3, -0.25) is 9.35 Å². The first kappa shape index (κ1) is 32.4. The summed E-state index contributed by atoms with van der Waals surface area (Å²) in [5, 5.41) is 0. The minimum absolute atomic E-state index is 0.0627. The molecule has 0 radical (unpaired) electrons. The normalized spacial score (nSPS) is 11.7. The predicted molar refractivity (Wildman–Crippen MR) is 141 cm³/mol. The summed E-state index contributed by atoms with van der Waals surface area (Å²) >= 11 is 0. The fourth-order valence-electron chi connectivity index (χ4n) is 4.33.